The van der Waals surface area contributed by atoms with Gasteiger partial charge in [0, 0.05) is 24.4 Å². The van der Waals surface area contributed by atoms with Gasteiger partial charge in [0.1, 0.15) is 0 Å². The molecule has 0 aromatic carbocycles. The first-order valence-corrected chi connectivity index (χ1v) is 7.74. The van der Waals surface area contributed by atoms with Crippen LogP contribution in [0.1, 0.15) is 27.2 Å². The predicted molar refractivity (Wildman–Crippen MR) is 69.6 cm³/mol. The molecule has 0 rings (SSSR count). The second kappa shape index (κ2) is 7.25. The highest BCUT2D eigenvalue weighted by Gasteiger charge is 2.15. The summed E-state index contributed by atoms with van der Waals surface area (Å²) in [5, 5.41) is 3.28. The lowest BCUT2D eigenvalue weighted by Crippen LogP contribution is -2.43. The van der Waals surface area contributed by atoms with Crippen LogP contribution in [0.2, 0.25) is 0 Å². The van der Waals surface area contributed by atoms with Gasteiger partial charge < -0.3 is 10.2 Å². The third-order valence-electron chi connectivity index (χ3n) is 2.85. The summed E-state index contributed by atoms with van der Waals surface area (Å²) in [6.07, 6.45) is 1.06. The van der Waals surface area contributed by atoms with Crippen molar-refractivity contribution in [2.45, 2.75) is 39.3 Å². The molecule has 0 spiro atoms. The number of nitrogens with one attached hydrogen (secondary N) is 1. The highest BCUT2D eigenvalue weighted by molar-refractivity contribution is 7.91. The van der Waals surface area contributed by atoms with E-state index in [1.54, 1.807) is 6.92 Å². The fraction of sp³-hybridized carbons (Fsp3) is 1.00. The maximum Gasteiger partial charge on any atom is 0.151 e. The van der Waals surface area contributed by atoms with E-state index in [9.17, 15) is 8.42 Å². The molecule has 2 atom stereocenters. The summed E-state index contributed by atoms with van der Waals surface area (Å²) >= 11 is 0. The van der Waals surface area contributed by atoms with Crippen LogP contribution >= 0.6 is 0 Å². The molecule has 98 valence electrons. The van der Waals surface area contributed by atoms with E-state index in [4.69, 9.17) is 0 Å². The maximum atomic E-state index is 11.4. The molecule has 2 unspecified atom stereocenters. The van der Waals surface area contributed by atoms with Gasteiger partial charge in [-0.2, -0.15) is 0 Å². The molecule has 0 bridgehead atoms. The predicted octanol–water partition coefficient (Wildman–Crippen LogP) is 0.739. The van der Waals surface area contributed by atoms with Gasteiger partial charge in [0.05, 0.1) is 5.75 Å². The minimum absolute atomic E-state index is 0.0268. The lowest BCUT2D eigenvalue weighted by atomic mass is 10.2. The third kappa shape index (κ3) is 6.45. The van der Waals surface area contributed by atoms with Crippen LogP contribution < -0.4 is 5.32 Å². The fourth-order valence-electron chi connectivity index (χ4n) is 1.59. The maximum absolute atomic E-state index is 11.4. The molecule has 0 radical (unpaired) electrons. The van der Waals surface area contributed by atoms with Gasteiger partial charge in [-0.3, -0.25) is 0 Å². The first kappa shape index (κ1) is 15.9. The van der Waals surface area contributed by atoms with Gasteiger partial charge in [0.15, 0.2) is 9.84 Å². The Labute approximate surface area is 100 Å². The Balaban J connectivity index is 4.02. The number of likely N-dealkylation sites (N-methyl/N-ethyl adjacent to an activating group) is 1. The van der Waals surface area contributed by atoms with Gasteiger partial charge in [0.25, 0.3) is 0 Å². The summed E-state index contributed by atoms with van der Waals surface area (Å²) in [5.41, 5.74) is 0. The van der Waals surface area contributed by atoms with Crippen LogP contribution in [0.15, 0.2) is 0 Å². The first-order valence-electron chi connectivity index (χ1n) is 5.92. The minimum atomic E-state index is -2.87. The lowest BCUT2D eigenvalue weighted by molar-refractivity contribution is 0.271. The van der Waals surface area contributed by atoms with E-state index in [1.165, 1.54) is 0 Å². The van der Waals surface area contributed by atoms with Crippen molar-refractivity contribution in [3.63, 3.8) is 0 Å². The summed E-state index contributed by atoms with van der Waals surface area (Å²) < 4.78 is 22.8. The molecule has 0 aromatic rings. The molecule has 0 saturated carbocycles. The Kier molecular flexibility index (Phi) is 7.19. The monoisotopic (exact) mass is 250 g/mol. The largest absolute Gasteiger partial charge is 0.312 e. The van der Waals surface area contributed by atoms with Gasteiger partial charge >= 0.3 is 0 Å². The van der Waals surface area contributed by atoms with Crippen LogP contribution in [0, 0.1) is 0 Å². The molecular weight excluding hydrogens is 224 g/mol. The molecule has 0 aliphatic carbocycles. The van der Waals surface area contributed by atoms with Crippen molar-refractivity contribution in [2.75, 3.05) is 32.1 Å². The Hall–Kier alpha value is -0.130. The van der Waals surface area contributed by atoms with Gasteiger partial charge in [-0.05, 0) is 27.4 Å². The van der Waals surface area contributed by atoms with Crippen molar-refractivity contribution in [3.8, 4) is 0 Å². The van der Waals surface area contributed by atoms with Crippen molar-refractivity contribution in [1.82, 2.24) is 10.2 Å². The SMILES string of the molecule is CCC(CNC(C)CS(=O)(=O)CC)N(C)C. The molecule has 0 heterocycles. The molecule has 5 heteroatoms. The molecule has 0 aliphatic rings. The van der Waals surface area contributed by atoms with Crippen molar-refractivity contribution in [1.29, 1.82) is 0 Å². The fourth-order valence-corrected chi connectivity index (χ4v) is 2.70. The second-order valence-electron chi connectivity index (χ2n) is 4.53. The molecule has 16 heavy (non-hydrogen) atoms. The first-order chi connectivity index (χ1) is 7.32. The average Bonchev–Trinajstić information content (AvgIpc) is 2.17. The number of nitrogens with zero attached hydrogens (tertiary/aromatic N) is 1. The zero-order chi connectivity index (χ0) is 12.8. The molecule has 4 nitrogen and oxygen atoms in total. The lowest BCUT2D eigenvalue weighted by Gasteiger charge is -2.25. The smallest absolute Gasteiger partial charge is 0.151 e. The number of hydrogen-bond acceptors (Lipinski definition) is 4. The Morgan fingerprint density at radius 2 is 1.81 bits per heavy atom. The van der Waals surface area contributed by atoms with Gasteiger partial charge in [-0.25, -0.2) is 8.42 Å². The molecule has 0 amide bonds. The van der Waals surface area contributed by atoms with E-state index in [-0.39, 0.29) is 17.5 Å². The number of rotatable bonds is 8. The van der Waals surface area contributed by atoms with Crippen LogP contribution in [0.3, 0.4) is 0 Å². The Bertz CT molecular complexity index is 276. The van der Waals surface area contributed by atoms with Gasteiger partial charge in [-0.1, -0.05) is 13.8 Å². The highest BCUT2D eigenvalue weighted by Crippen LogP contribution is 1.99. The van der Waals surface area contributed by atoms with E-state index in [0.29, 0.717) is 6.04 Å². The van der Waals surface area contributed by atoms with Crippen LogP contribution in [0.25, 0.3) is 0 Å². The van der Waals surface area contributed by atoms with Gasteiger partial charge in [-0.15, -0.1) is 0 Å². The van der Waals surface area contributed by atoms with E-state index >= 15 is 0 Å². The molecule has 1 N–H and O–H groups in total. The number of sulfone groups is 1. The molecule has 0 saturated heterocycles. The third-order valence-corrected chi connectivity index (χ3v) is 4.73. The summed E-state index contributed by atoms with van der Waals surface area (Å²) in [6, 6.07) is 0.491. The standard InChI is InChI=1S/C11H26N2O2S/c1-6-11(13(4)5)8-12-10(3)9-16(14,15)7-2/h10-12H,6-9H2,1-5H3. The van der Waals surface area contributed by atoms with E-state index < -0.39 is 9.84 Å². The normalized spacial score (nSPS) is 16.4. The molecule has 0 aromatic heterocycles. The summed E-state index contributed by atoms with van der Waals surface area (Å²) in [7, 11) is 1.22. The Morgan fingerprint density at radius 1 is 1.25 bits per heavy atom. The number of hydrogen-bond donors (Lipinski definition) is 1. The summed E-state index contributed by atoms with van der Waals surface area (Å²) in [6.45, 7) is 6.59. The Morgan fingerprint density at radius 3 is 2.19 bits per heavy atom. The zero-order valence-electron chi connectivity index (χ0n) is 11.2. The summed E-state index contributed by atoms with van der Waals surface area (Å²) in [4.78, 5) is 2.16. The topological polar surface area (TPSA) is 49.4 Å². The van der Waals surface area contributed by atoms with Crippen LogP contribution in [0.4, 0.5) is 0 Å². The summed E-state index contributed by atoms with van der Waals surface area (Å²) in [5.74, 6) is 0.456. The van der Waals surface area contributed by atoms with Crippen molar-refractivity contribution >= 4 is 9.84 Å². The van der Waals surface area contributed by atoms with Crippen LogP contribution in [0.5, 0.6) is 0 Å². The average molecular weight is 250 g/mol. The molecular formula is C11H26N2O2S. The zero-order valence-corrected chi connectivity index (χ0v) is 12.0. The minimum Gasteiger partial charge on any atom is -0.312 e. The quantitative estimate of drug-likeness (QED) is 0.690. The van der Waals surface area contributed by atoms with Crippen LogP contribution in [-0.2, 0) is 9.84 Å². The second-order valence-corrected chi connectivity index (χ2v) is 6.93. The van der Waals surface area contributed by atoms with E-state index in [2.05, 4.69) is 17.1 Å². The molecule has 0 aliphatic heterocycles. The van der Waals surface area contributed by atoms with E-state index in [0.717, 1.165) is 13.0 Å². The van der Waals surface area contributed by atoms with Crippen molar-refractivity contribution in [3.05, 3.63) is 0 Å². The van der Waals surface area contributed by atoms with Crippen LogP contribution in [-0.4, -0.2) is 57.5 Å². The van der Waals surface area contributed by atoms with Gasteiger partial charge in [0.2, 0.25) is 0 Å². The molecule has 0 fully saturated rings. The van der Waals surface area contributed by atoms with E-state index in [1.807, 2.05) is 21.0 Å². The van der Waals surface area contributed by atoms with Crippen molar-refractivity contribution in [2.24, 2.45) is 0 Å². The highest BCUT2D eigenvalue weighted by atomic mass is 32.2. The van der Waals surface area contributed by atoms with Crippen molar-refractivity contribution < 1.29 is 8.42 Å².